The summed E-state index contributed by atoms with van der Waals surface area (Å²) in [7, 11) is -3.58. The molecule has 1 fully saturated rings. The van der Waals surface area contributed by atoms with Gasteiger partial charge in [0.25, 0.3) is 0 Å². The van der Waals surface area contributed by atoms with Crippen LogP contribution in [0.15, 0.2) is 78.2 Å². The zero-order chi connectivity index (χ0) is 22.1. The number of aromatic nitrogens is 3. The lowest BCUT2D eigenvalue weighted by Gasteiger charge is -2.34. The maximum absolute atomic E-state index is 12.8. The minimum atomic E-state index is -3.58. The van der Waals surface area contributed by atoms with E-state index < -0.39 is 10.0 Å². The number of benzene rings is 2. The molecule has 32 heavy (non-hydrogen) atoms. The number of anilines is 1. The molecule has 5 rings (SSSR count). The second-order valence-electron chi connectivity index (χ2n) is 7.85. The average Bonchev–Trinajstić information content (AvgIpc) is 3.33. The lowest BCUT2D eigenvalue weighted by atomic mass is 10.1. The summed E-state index contributed by atoms with van der Waals surface area (Å²) in [5, 5.41) is 1.58. The lowest BCUT2D eigenvalue weighted by Crippen LogP contribution is -2.48. The number of pyridine rings is 1. The van der Waals surface area contributed by atoms with Crippen molar-refractivity contribution in [2.75, 3.05) is 18.0 Å². The second kappa shape index (κ2) is 8.54. The Morgan fingerprint density at radius 2 is 1.94 bits per heavy atom. The van der Waals surface area contributed by atoms with Gasteiger partial charge in [-0.25, -0.2) is 23.1 Å². The maximum atomic E-state index is 12.8. The molecule has 1 aliphatic heterocycles. The van der Waals surface area contributed by atoms with E-state index in [4.69, 9.17) is 16.6 Å². The first-order chi connectivity index (χ1) is 15.5. The van der Waals surface area contributed by atoms with Gasteiger partial charge in [-0.15, -0.1) is 0 Å². The predicted octanol–water partition coefficient (Wildman–Crippen LogP) is 4.02. The first-order valence-corrected chi connectivity index (χ1v) is 12.3. The van der Waals surface area contributed by atoms with Gasteiger partial charge in [0.15, 0.2) is 0 Å². The van der Waals surface area contributed by atoms with Gasteiger partial charge < -0.3 is 9.47 Å². The van der Waals surface area contributed by atoms with Crippen LogP contribution in [0.4, 0.5) is 5.82 Å². The summed E-state index contributed by atoms with van der Waals surface area (Å²) in [5.41, 5.74) is 1.73. The molecule has 1 saturated heterocycles. The fourth-order valence-electron chi connectivity index (χ4n) is 4.12. The molecule has 1 atom stereocenters. The number of imidazole rings is 1. The van der Waals surface area contributed by atoms with Gasteiger partial charge in [0.2, 0.25) is 10.0 Å². The van der Waals surface area contributed by atoms with E-state index >= 15 is 0 Å². The Morgan fingerprint density at radius 1 is 1.09 bits per heavy atom. The quantitative estimate of drug-likeness (QED) is 0.479. The van der Waals surface area contributed by atoms with Gasteiger partial charge in [-0.05, 0) is 43.2 Å². The molecule has 0 aliphatic carbocycles. The number of fused-ring (bicyclic) bond motifs is 1. The van der Waals surface area contributed by atoms with Crippen molar-refractivity contribution in [3.8, 4) is 5.69 Å². The first-order valence-electron chi connectivity index (χ1n) is 10.4. The third-order valence-corrected chi connectivity index (χ3v) is 7.41. The number of hydrogen-bond donors (Lipinski definition) is 1. The molecule has 1 aliphatic rings. The van der Waals surface area contributed by atoms with Crippen LogP contribution in [0, 0.1) is 0 Å². The van der Waals surface area contributed by atoms with Gasteiger partial charge in [0.05, 0.1) is 22.4 Å². The number of nitrogens with zero attached hydrogens (tertiary/aromatic N) is 4. The molecule has 0 bridgehead atoms. The molecule has 4 aromatic rings. The van der Waals surface area contributed by atoms with Crippen molar-refractivity contribution in [1.82, 2.24) is 19.3 Å². The Morgan fingerprint density at radius 3 is 2.72 bits per heavy atom. The van der Waals surface area contributed by atoms with Crippen LogP contribution in [0.2, 0.25) is 5.02 Å². The minimum Gasteiger partial charge on any atom is -0.355 e. The largest absolute Gasteiger partial charge is 0.355 e. The van der Waals surface area contributed by atoms with E-state index in [0.717, 1.165) is 41.8 Å². The van der Waals surface area contributed by atoms with Crippen molar-refractivity contribution in [2.24, 2.45) is 0 Å². The summed E-state index contributed by atoms with van der Waals surface area (Å²) in [5.74, 6) is 0.784. The fraction of sp³-hybridized carbons (Fsp3) is 0.217. The summed E-state index contributed by atoms with van der Waals surface area (Å²) < 4.78 is 30.4. The monoisotopic (exact) mass is 467 g/mol. The molecule has 7 nitrogen and oxygen atoms in total. The van der Waals surface area contributed by atoms with Gasteiger partial charge in [-0.3, -0.25) is 0 Å². The highest BCUT2D eigenvalue weighted by molar-refractivity contribution is 7.89. The lowest BCUT2D eigenvalue weighted by molar-refractivity contribution is 0.464. The molecule has 9 heteroatoms. The van der Waals surface area contributed by atoms with Crippen molar-refractivity contribution in [2.45, 2.75) is 23.8 Å². The third kappa shape index (κ3) is 4.21. The molecule has 1 unspecified atom stereocenters. The van der Waals surface area contributed by atoms with Crippen molar-refractivity contribution in [3.05, 3.63) is 78.3 Å². The molecule has 3 heterocycles. The van der Waals surface area contributed by atoms with Crippen molar-refractivity contribution < 1.29 is 8.42 Å². The Balaban J connectivity index is 1.46. The number of rotatable bonds is 5. The molecular weight excluding hydrogens is 446 g/mol. The van der Waals surface area contributed by atoms with Crippen LogP contribution in [-0.4, -0.2) is 42.1 Å². The topological polar surface area (TPSA) is 80.1 Å². The molecule has 2 aromatic carbocycles. The maximum Gasteiger partial charge on any atom is 0.240 e. The first kappa shape index (κ1) is 20.9. The Labute approximate surface area is 191 Å². The Bertz CT molecular complexity index is 1340. The summed E-state index contributed by atoms with van der Waals surface area (Å²) in [6.07, 6.45) is 7.01. The van der Waals surface area contributed by atoms with E-state index in [1.54, 1.807) is 42.9 Å². The number of halogens is 1. The number of sulfonamides is 1. The van der Waals surface area contributed by atoms with Crippen molar-refractivity contribution >= 4 is 38.3 Å². The molecular formula is C23H22ClN5O2S. The van der Waals surface area contributed by atoms with Crippen LogP contribution in [0.25, 0.3) is 16.6 Å². The summed E-state index contributed by atoms with van der Waals surface area (Å²) in [6.45, 7) is 1.33. The highest BCUT2D eigenvalue weighted by atomic mass is 35.5. The summed E-state index contributed by atoms with van der Waals surface area (Å²) >= 11 is 6.24. The molecule has 164 valence electrons. The smallest absolute Gasteiger partial charge is 0.240 e. The van der Waals surface area contributed by atoms with E-state index in [9.17, 15) is 8.42 Å². The molecule has 0 radical (unpaired) electrons. The van der Waals surface area contributed by atoms with Gasteiger partial charge in [-0.2, -0.15) is 0 Å². The van der Waals surface area contributed by atoms with Crippen molar-refractivity contribution in [1.29, 1.82) is 0 Å². The zero-order valence-corrected chi connectivity index (χ0v) is 18.8. The van der Waals surface area contributed by atoms with E-state index in [1.165, 1.54) is 0 Å². The van der Waals surface area contributed by atoms with E-state index in [-0.39, 0.29) is 10.9 Å². The highest BCUT2D eigenvalue weighted by Gasteiger charge is 2.26. The average molecular weight is 468 g/mol. The van der Waals surface area contributed by atoms with Gasteiger partial charge in [0, 0.05) is 48.0 Å². The van der Waals surface area contributed by atoms with Gasteiger partial charge in [0.1, 0.15) is 5.82 Å². The summed E-state index contributed by atoms with van der Waals surface area (Å²) in [4.78, 5) is 11.4. The van der Waals surface area contributed by atoms with Crippen LogP contribution >= 0.6 is 11.6 Å². The molecule has 1 N–H and O–H groups in total. The SMILES string of the molecule is O=S(=O)(NC1CCCN(c2cc(-n3ccnc3)c3ccc(Cl)cc3n2)C1)c1ccccc1. The number of piperidine rings is 1. The summed E-state index contributed by atoms with van der Waals surface area (Å²) in [6, 6.07) is 15.9. The Hall–Kier alpha value is -2.94. The van der Waals surface area contributed by atoms with Crippen molar-refractivity contribution in [3.63, 3.8) is 0 Å². The standard InChI is InChI=1S/C23H22ClN5O2S/c24-17-8-9-20-21(13-17)26-23(14-22(20)29-12-10-25-16-29)28-11-4-5-18(15-28)27-32(30,31)19-6-2-1-3-7-19/h1-3,6-10,12-14,16,18,27H,4-5,11,15H2. The molecule has 0 amide bonds. The predicted molar refractivity (Wildman–Crippen MR) is 126 cm³/mol. The third-order valence-electron chi connectivity index (χ3n) is 5.64. The van der Waals surface area contributed by atoms with E-state index in [2.05, 4.69) is 14.6 Å². The molecule has 0 spiro atoms. The minimum absolute atomic E-state index is 0.206. The van der Waals surface area contributed by atoms with Crippen LogP contribution in [0.5, 0.6) is 0 Å². The van der Waals surface area contributed by atoms with Gasteiger partial charge >= 0.3 is 0 Å². The van der Waals surface area contributed by atoms with Crippen LogP contribution < -0.4 is 9.62 Å². The van der Waals surface area contributed by atoms with E-state index in [0.29, 0.717) is 11.6 Å². The number of nitrogens with one attached hydrogen (secondary N) is 1. The molecule has 0 saturated carbocycles. The zero-order valence-electron chi connectivity index (χ0n) is 17.2. The normalized spacial score (nSPS) is 17.0. The van der Waals surface area contributed by atoms with Crippen LogP contribution in [-0.2, 0) is 10.0 Å². The fourth-order valence-corrected chi connectivity index (χ4v) is 5.56. The number of hydrogen-bond acceptors (Lipinski definition) is 5. The van der Waals surface area contributed by atoms with Gasteiger partial charge in [-0.1, -0.05) is 29.8 Å². The molecule has 2 aromatic heterocycles. The van der Waals surface area contributed by atoms with Crippen LogP contribution in [0.1, 0.15) is 12.8 Å². The Kier molecular flexibility index (Phi) is 5.58. The van der Waals surface area contributed by atoms with E-state index in [1.807, 2.05) is 35.0 Å². The second-order valence-corrected chi connectivity index (χ2v) is 10.0. The highest BCUT2D eigenvalue weighted by Crippen LogP contribution is 2.29. The van der Waals surface area contributed by atoms with Crippen LogP contribution in [0.3, 0.4) is 0 Å².